The van der Waals surface area contributed by atoms with Gasteiger partial charge in [0.1, 0.15) is 0 Å². The third-order valence-corrected chi connectivity index (χ3v) is 2.59. The van der Waals surface area contributed by atoms with Crippen LogP contribution in [0.3, 0.4) is 0 Å². The predicted octanol–water partition coefficient (Wildman–Crippen LogP) is 1.20. The van der Waals surface area contributed by atoms with Crippen molar-refractivity contribution in [1.82, 2.24) is 10.3 Å². The van der Waals surface area contributed by atoms with E-state index >= 15 is 0 Å². The lowest BCUT2D eigenvalue weighted by atomic mass is 9.81. The van der Waals surface area contributed by atoms with Gasteiger partial charge in [0.15, 0.2) is 6.39 Å². The summed E-state index contributed by atoms with van der Waals surface area (Å²) >= 11 is 0. The van der Waals surface area contributed by atoms with Gasteiger partial charge in [0, 0.05) is 6.04 Å². The van der Waals surface area contributed by atoms with Gasteiger partial charge in [-0.2, -0.15) is 0 Å². The van der Waals surface area contributed by atoms with Crippen molar-refractivity contribution in [3.63, 3.8) is 0 Å². The van der Waals surface area contributed by atoms with Crippen LogP contribution >= 0.6 is 0 Å². The molecule has 4 nitrogen and oxygen atoms in total. The molecule has 1 heterocycles. The Morgan fingerprint density at radius 1 is 1.69 bits per heavy atom. The van der Waals surface area contributed by atoms with Crippen LogP contribution in [0.1, 0.15) is 30.3 Å². The van der Waals surface area contributed by atoms with Crippen molar-refractivity contribution >= 4 is 5.91 Å². The first-order valence-corrected chi connectivity index (χ1v) is 4.46. The minimum Gasteiger partial charge on any atom is -0.438 e. The quantitative estimate of drug-likeness (QED) is 0.744. The SMILES string of the molecule is CC1CCC1NC(=O)c1cnco1. The van der Waals surface area contributed by atoms with Crippen molar-refractivity contribution in [1.29, 1.82) is 0 Å². The van der Waals surface area contributed by atoms with Crippen LogP contribution in [0.15, 0.2) is 17.0 Å². The lowest BCUT2D eigenvalue weighted by molar-refractivity contribution is 0.0856. The summed E-state index contributed by atoms with van der Waals surface area (Å²) in [6.07, 6.45) is 4.96. The third kappa shape index (κ3) is 1.56. The summed E-state index contributed by atoms with van der Waals surface area (Å²) in [5.74, 6) is 0.722. The molecule has 1 aromatic heterocycles. The van der Waals surface area contributed by atoms with Gasteiger partial charge >= 0.3 is 0 Å². The maximum absolute atomic E-state index is 11.4. The molecule has 4 heteroatoms. The van der Waals surface area contributed by atoms with Gasteiger partial charge in [0.25, 0.3) is 5.91 Å². The molecule has 1 fully saturated rings. The molecule has 2 rings (SSSR count). The second-order valence-electron chi connectivity index (χ2n) is 3.50. The smallest absolute Gasteiger partial charge is 0.288 e. The molecule has 0 aromatic carbocycles. The number of hydrogen-bond acceptors (Lipinski definition) is 3. The summed E-state index contributed by atoms with van der Waals surface area (Å²) in [6.45, 7) is 2.13. The zero-order chi connectivity index (χ0) is 9.26. The Labute approximate surface area is 76.3 Å². The molecule has 0 aliphatic heterocycles. The monoisotopic (exact) mass is 180 g/mol. The van der Waals surface area contributed by atoms with E-state index in [1.165, 1.54) is 19.0 Å². The van der Waals surface area contributed by atoms with Crippen molar-refractivity contribution in [2.24, 2.45) is 5.92 Å². The maximum Gasteiger partial charge on any atom is 0.288 e. The lowest BCUT2D eigenvalue weighted by Gasteiger charge is -2.33. The zero-order valence-corrected chi connectivity index (χ0v) is 7.49. The van der Waals surface area contributed by atoms with Crippen LogP contribution in [-0.4, -0.2) is 16.9 Å². The molecule has 0 bridgehead atoms. The molecule has 0 saturated heterocycles. The van der Waals surface area contributed by atoms with E-state index in [1.54, 1.807) is 0 Å². The van der Waals surface area contributed by atoms with Crippen LogP contribution < -0.4 is 5.32 Å². The minimum atomic E-state index is -0.158. The highest BCUT2D eigenvalue weighted by atomic mass is 16.3. The molecule has 1 aromatic rings. The van der Waals surface area contributed by atoms with Crippen LogP contribution in [0.4, 0.5) is 0 Å². The average molecular weight is 180 g/mol. The summed E-state index contributed by atoms with van der Waals surface area (Å²) in [6, 6.07) is 0.317. The molecule has 2 atom stereocenters. The van der Waals surface area contributed by atoms with Crippen LogP contribution in [0.25, 0.3) is 0 Å². The average Bonchev–Trinajstić information content (AvgIpc) is 2.64. The van der Waals surface area contributed by atoms with E-state index in [1.807, 2.05) is 0 Å². The van der Waals surface area contributed by atoms with Gasteiger partial charge in [-0.3, -0.25) is 4.79 Å². The summed E-state index contributed by atoms with van der Waals surface area (Å²) < 4.78 is 4.88. The Kier molecular flexibility index (Phi) is 2.04. The molecule has 2 unspecified atom stereocenters. The predicted molar refractivity (Wildman–Crippen MR) is 46.2 cm³/mol. The normalized spacial score (nSPS) is 26.5. The van der Waals surface area contributed by atoms with Gasteiger partial charge < -0.3 is 9.73 Å². The Hall–Kier alpha value is -1.32. The lowest BCUT2D eigenvalue weighted by Crippen LogP contribution is -2.45. The fraction of sp³-hybridized carbons (Fsp3) is 0.556. The number of rotatable bonds is 2. The first kappa shape index (κ1) is 8.29. The van der Waals surface area contributed by atoms with Gasteiger partial charge in [0.2, 0.25) is 5.76 Å². The Morgan fingerprint density at radius 3 is 3.00 bits per heavy atom. The standard InChI is InChI=1S/C9H12N2O2/c1-6-2-3-7(6)11-9(12)8-4-10-5-13-8/h4-7H,2-3H2,1H3,(H,11,12). The van der Waals surface area contributed by atoms with Crippen LogP contribution in [0, 0.1) is 5.92 Å². The minimum absolute atomic E-state index is 0.158. The molecule has 13 heavy (non-hydrogen) atoms. The molecule has 1 saturated carbocycles. The van der Waals surface area contributed by atoms with Gasteiger partial charge in [-0.1, -0.05) is 6.92 Å². The summed E-state index contributed by atoms with van der Waals surface area (Å²) in [5.41, 5.74) is 0. The van der Waals surface area contributed by atoms with Crippen LogP contribution in [0.5, 0.6) is 0 Å². The van der Waals surface area contributed by atoms with Gasteiger partial charge in [0.05, 0.1) is 6.20 Å². The summed E-state index contributed by atoms with van der Waals surface area (Å²) in [5, 5.41) is 2.90. The Bertz CT molecular complexity index is 295. The fourth-order valence-electron chi connectivity index (χ4n) is 1.45. The number of oxazole rings is 1. The van der Waals surface area contributed by atoms with E-state index in [0.29, 0.717) is 17.7 Å². The third-order valence-electron chi connectivity index (χ3n) is 2.59. The number of carbonyl (C=O) groups is 1. The second kappa shape index (κ2) is 3.20. The number of amides is 1. The largest absolute Gasteiger partial charge is 0.438 e. The van der Waals surface area contributed by atoms with E-state index in [9.17, 15) is 4.79 Å². The van der Waals surface area contributed by atoms with Crippen molar-refractivity contribution in [3.05, 3.63) is 18.4 Å². The first-order valence-electron chi connectivity index (χ1n) is 4.46. The zero-order valence-electron chi connectivity index (χ0n) is 7.49. The Balaban J connectivity index is 1.92. The van der Waals surface area contributed by atoms with Crippen molar-refractivity contribution in [2.45, 2.75) is 25.8 Å². The van der Waals surface area contributed by atoms with Gasteiger partial charge in [-0.25, -0.2) is 4.98 Å². The van der Waals surface area contributed by atoms with E-state index < -0.39 is 0 Å². The number of aromatic nitrogens is 1. The second-order valence-corrected chi connectivity index (χ2v) is 3.50. The van der Waals surface area contributed by atoms with Crippen molar-refractivity contribution in [3.8, 4) is 0 Å². The molecule has 1 N–H and O–H groups in total. The van der Waals surface area contributed by atoms with E-state index in [-0.39, 0.29) is 5.91 Å². The summed E-state index contributed by atoms with van der Waals surface area (Å²) in [7, 11) is 0. The summed E-state index contributed by atoms with van der Waals surface area (Å²) in [4.78, 5) is 15.1. The van der Waals surface area contributed by atoms with Gasteiger partial charge in [-0.15, -0.1) is 0 Å². The number of hydrogen-bond donors (Lipinski definition) is 1. The van der Waals surface area contributed by atoms with Crippen LogP contribution in [-0.2, 0) is 0 Å². The molecule has 1 aliphatic rings. The molecular weight excluding hydrogens is 168 g/mol. The molecule has 70 valence electrons. The number of carbonyl (C=O) groups excluding carboxylic acids is 1. The Morgan fingerprint density at radius 2 is 2.54 bits per heavy atom. The number of nitrogens with one attached hydrogen (secondary N) is 1. The highest BCUT2D eigenvalue weighted by molar-refractivity contribution is 5.91. The van der Waals surface area contributed by atoms with E-state index in [4.69, 9.17) is 4.42 Å². The van der Waals surface area contributed by atoms with Crippen LogP contribution in [0.2, 0.25) is 0 Å². The van der Waals surface area contributed by atoms with Crippen molar-refractivity contribution in [2.75, 3.05) is 0 Å². The van der Waals surface area contributed by atoms with E-state index in [0.717, 1.165) is 6.42 Å². The molecule has 0 radical (unpaired) electrons. The fourth-order valence-corrected chi connectivity index (χ4v) is 1.45. The van der Waals surface area contributed by atoms with E-state index in [2.05, 4.69) is 17.2 Å². The molecule has 1 aliphatic carbocycles. The highest BCUT2D eigenvalue weighted by Crippen LogP contribution is 2.26. The topological polar surface area (TPSA) is 55.1 Å². The maximum atomic E-state index is 11.4. The highest BCUT2D eigenvalue weighted by Gasteiger charge is 2.28. The van der Waals surface area contributed by atoms with Crippen molar-refractivity contribution < 1.29 is 9.21 Å². The van der Waals surface area contributed by atoms with Gasteiger partial charge in [-0.05, 0) is 18.8 Å². The first-order chi connectivity index (χ1) is 6.27. The number of nitrogens with zero attached hydrogens (tertiary/aromatic N) is 1. The molecule has 1 amide bonds. The molecular formula is C9H12N2O2. The molecule has 0 spiro atoms.